The van der Waals surface area contributed by atoms with Crippen molar-refractivity contribution < 1.29 is 9.53 Å². The predicted molar refractivity (Wildman–Crippen MR) is 139 cm³/mol. The van der Waals surface area contributed by atoms with Gasteiger partial charge in [0.15, 0.2) is 0 Å². The molecule has 0 aromatic heterocycles. The normalized spacial score (nSPS) is 11.5. The first-order valence-corrected chi connectivity index (χ1v) is 20.1. The van der Waals surface area contributed by atoms with Gasteiger partial charge in [0.2, 0.25) is 0 Å². The monoisotopic (exact) mass is 545 g/mol. The average Bonchev–Trinajstić information content (AvgIpc) is 2.84. The van der Waals surface area contributed by atoms with Gasteiger partial charge in [0.05, 0.1) is 0 Å². The fraction of sp³-hybridized carbons (Fsp3) is 0.536. The maximum atomic E-state index is 12.6. The molecule has 0 saturated heterocycles. The van der Waals surface area contributed by atoms with E-state index in [-0.39, 0.29) is 5.91 Å². The van der Waals surface area contributed by atoms with Crippen molar-refractivity contribution in [2.45, 2.75) is 79.2 Å². The first-order valence-electron chi connectivity index (χ1n) is 12.7. The van der Waals surface area contributed by atoms with Crippen molar-refractivity contribution in [1.29, 1.82) is 0 Å². The van der Waals surface area contributed by atoms with Crippen molar-refractivity contribution in [3.8, 4) is 0 Å². The molecule has 0 aliphatic carbocycles. The minimum absolute atomic E-state index is 0.00339. The molecule has 2 rings (SSSR count). The van der Waals surface area contributed by atoms with Crippen LogP contribution in [-0.2, 0) is 11.3 Å². The van der Waals surface area contributed by atoms with E-state index < -0.39 is 18.4 Å². The van der Waals surface area contributed by atoms with E-state index in [4.69, 9.17) is 4.74 Å². The molecule has 1 amide bonds. The Labute approximate surface area is 200 Å². The standard InChI is InChI=1S/C16H16NO2.3C4H9.Sn/c18-16(15-9-5-2-6-10-15)17-11-12-19-13-14-7-3-1-4-8-14;3*1-3-4-2;/h1,3-10H,11-13H2,(H,17,18);3*1,3-4H2,2H3;. The molecule has 0 bridgehead atoms. The van der Waals surface area contributed by atoms with Crippen LogP contribution in [0, 0.1) is 0 Å². The van der Waals surface area contributed by atoms with E-state index in [0.717, 1.165) is 11.1 Å². The number of rotatable bonds is 16. The van der Waals surface area contributed by atoms with Crippen molar-refractivity contribution in [3.05, 3.63) is 65.7 Å². The fourth-order valence-electron chi connectivity index (χ4n) is 4.43. The van der Waals surface area contributed by atoms with Gasteiger partial charge < -0.3 is 0 Å². The van der Waals surface area contributed by atoms with E-state index in [1.807, 2.05) is 30.3 Å². The van der Waals surface area contributed by atoms with Gasteiger partial charge in [0.25, 0.3) is 0 Å². The molecule has 3 nitrogen and oxygen atoms in total. The summed E-state index contributed by atoms with van der Waals surface area (Å²) in [6, 6.07) is 18.8. The molecule has 1 N–H and O–H groups in total. The molecule has 4 heteroatoms. The van der Waals surface area contributed by atoms with Gasteiger partial charge in [-0.2, -0.15) is 0 Å². The van der Waals surface area contributed by atoms with E-state index >= 15 is 0 Å². The van der Waals surface area contributed by atoms with Gasteiger partial charge in [-0.1, -0.05) is 18.2 Å². The summed E-state index contributed by atoms with van der Waals surface area (Å²) in [5, 5.41) is 3.00. The van der Waals surface area contributed by atoms with E-state index in [1.54, 1.807) is 3.58 Å². The average molecular weight is 544 g/mol. The number of unbranched alkanes of at least 4 members (excludes halogenated alkanes) is 3. The van der Waals surface area contributed by atoms with Crippen molar-refractivity contribution in [1.82, 2.24) is 5.32 Å². The van der Waals surface area contributed by atoms with Crippen LogP contribution in [0.5, 0.6) is 0 Å². The third-order valence-corrected chi connectivity index (χ3v) is 22.1. The summed E-state index contributed by atoms with van der Waals surface area (Å²) in [6.07, 6.45) is 7.91. The second-order valence-electron chi connectivity index (χ2n) is 8.96. The van der Waals surface area contributed by atoms with Crippen molar-refractivity contribution in [2.24, 2.45) is 0 Å². The van der Waals surface area contributed by atoms with Gasteiger partial charge in [-0.25, -0.2) is 0 Å². The Bertz CT molecular complexity index is 739. The second kappa shape index (κ2) is 15.5. The third kappa shape index (κ3) is 8.90. The molecule has 0 radical (unpaired) electrons. The molecule has 2 aromatic carbocycles. The van der Waals surface area contributed by atoms with Gasteiger partial charge in [-0.3, -0.25) is 0 Å². The summed E-state index contributed by atoms with van der Waals surface area (Å²) >= 11 is -2.42. The number of benzene rings is 2. The van der Waals surface area contributed by atoms with E-state index in [0.29, 0.717) is 19.8 Å². The van der Waals surface area contributed by atoms with Crippen LogP contribution in [0.2, 0.25) is 13.3 Å². The Morgan fingerprint density at radius 2 is 1.38 bits per heavy atom. The summed E-state index contributed by atoms with van der Waals surface area (Å²) in [5.41, 5.74) is 1.91. The maximum absolute atomic E-state index is 12.6. The van der Waals surface area contributed by atoms with Gasteiger partial charge >= 0.3 is 183 Å². The number of hydrogen-bond acceptors (Lipinski definition) is 2. The third-order valence-electron chi connectivity index (χ3n) is 6.43. The summed E-state index contributed by atoms with van der Waals surface area (Å²) in [5.74, 6) is -0.00339. The van der Waals surface area contributed by atoms with E-state index in [1.165, 1.54) is 51.8 Å². The second-order valence-corrected chi connectivity index (χ2v) is 22.2. The molecule has 0 saturated carbocycles. The van der Waals surface area contributed by atoms with Crippen LogP contribution in [-0.4, -0.2) is 37.4 Å². The van der Waals surface area contributed by atoms with Crippen LogP contribution < -0.4 is 8.90 Å². The number of amides is 1. The van der Waals surface area contributed by atoms with E-state index in [9.17, 15) is 4.79 Å². The summed E-state index contributed by atoms with van der Waals surface area (Å²) in [7, 11) is 0. The molecular weight excluding hydrogens is 501 g/mol. The first-order chi connectivity index (χ1) is 15.6. The molecule has 0 heterocycles. The molecule has 0 fully saturated rings. The molecule has 0 spiro atoms. The van der Waals surface area contributed by atoms with Crippen molar-refractivity contribution in [2.75, 3.05) is 13.2 Å². The topological polar surface area (TPSA) is 38.3 Å². The number of carbonyl (C=O) groups excluding carboxylic acids is 1. The molecule has 0 unspecified atom stereocenters. The molecule has 0 atom stereocenters. The number of carbonyl (C=O) groups is 1. The number of hydrogen-bond donors (Lipinski definition) is 1. The number of nitrogens with one attached hydrogen (secondary N) is 1. The van der Waals surface area contributed by atoms with Crippen molar-refractivity contribution in [3.63, 3.8) is 0 Å². The molecule has 176 valence electrons. The molecule has 2 aromatic rings. The molecule has 32 heavy (non-hydrogen) atoms. The molecule has 0 aliphatic rings. The van der Waals surface area contributed by atoms with Crippen LogP contribution in [0.4, 0.5) is 0 Å². The predicted octanol–water partition coefficient (Wildman–Crippen LogP) is 6.69. The summed E-state index contributed by atoms with van der Waals surface area (Å²) in [4.78, 5) is 12.6. The first kappa shape index (κ1) is 26.9. The zero-order valence-electron chi connectivity index (χ0n) is 20.5. The fourth-order valence-corrected chi connectivity index (χ4v) is 20.4. The van der Waals surface area contributed by atoms with Crippen LogP contribution in [0.25, 0.3) is 0 Å². The minimum atomic E-state index is -2.42. The Morgan fingerprint density at radius 1 is 0.812 bits per heavy atom. The Hall–Kier alpha value is -1.33. The Morgan fingerprint density at radius 3 is 1.91 bits per heavy atom. The van der Waals surface area contributed by atoms with Gasteiger partial charge in [0.1, 0.15) is 0 Å². The zero-order valence-corrected chi connectivity index (χ0v) is 23.4. The summed E-state index contributed by atoms with van der Waals surface area (Å²) in [6.45, 7) is 8.56. The van der Waals surface area contributed by atoms with Crippen LogP contribution in [0.3, 0.4) is 0 Å². The van der Waals surface area contributed by atoms with Gasteiger partial charge in [-0.05, 0) is 0 Å². The van der Waals surface area contributed by atoms with Crippen LogP contribution in [0.15, 0.2) is 54.6 Å². The van der Waals surface area contributed by atoms with Gasteiger partial charge in [0, 0.05) is 0 Å². The van der Waals surface area contributed by atoms with Crippen LogP contribution >= 0.6 is 0 Å². The SMILES string of the molecule is CCC[CH2][Sn]([CH2]CCC)([CH2]CCC)[c]1ccc(C(=O)NCCOCc2ccccc2)cc1. The van der Waals surface area contributed by atoms with E-state index in [2.05, 4.69) is 50.4 Å². The number of ether oxygens (including phenoxy) is 1. The molecule has 0 aliphatic heterocycles. The van der Waals surface area contributed by atoms with Crippen molar-refractivity contribution >= 4 is 27.9 Å². The summed E-state index contributed by atoms with van der Waals surface area (Å²) < 4.78 is 11.7. The quantitative estimate of drug-likeness (QED) is 0.189. The van der Waals surface area contributed by atoms with Crippen LogP contribution in [0.1, 0.15) is 75.2 Å². The zero-order chi connectivity index (χ0) is 23.1. The Kier molecular flexibility index (Phi) is 13.0. The Balaban J connectivity index is 1.94. The van der Waals surface area contributed by atoms with Gasteiger partial charge in [-0.15, -0.1) is 0 Å². The molecular formula is C28H43NO2Sn.